The Labute approximate surface area is 99.4 Å². The van der Waals surface area contributed by atoms with Crippen LogP contribution in [0.3, 0.4) is 0 Å². The fraction of sp³-hybridized carbons (Fsp3) is 0.154. The average molecular weight is 227 g/mol. The molecule has 4 heteroatoms. The summed E-state index contributed by atoms with van der Waals surface area (Å²) in [4.78, 5) is 16.6. The molecule has 2 aromatic rings. The van der Waals surface area contributed by atoms with Gasteiger partial charge in [0.25, 0.3) is 5.91 Å². The van der Waals surface area contributed by atoms with E-state index in [9.17, 15) is 4.79 Å². The summed E-state index contributed by atoms with van der Waals surface area (Å²) in [5.41, 5.74) is 7.82. The number of nitrogen functional groups attached to an aromatic ring is 1. The fourth-order valence-electron chi connectivity index (χ4n) is 1.73. The molecular weight excluding hydrogens is 214 g/mol. The Morgan fingerprint density at radius 3 is 3.06 bits per heavy atom. The summed E-state index contributed by atoms with van der Waals surface area (Å²) in [5, 5.41) is 0.818. The zero-order valence-corrected chi connectivity index (χ0v) is 9.53. The van der Waals surface area contributed by atoms with E-state index in [0.717, 1.165) is 10.9 Å². The summed E-state index contributed by atoms with van der Waals surface area (Å²) >= 11 is 0. The van der Waals surface area contributed by atoms with Gasteiger partial charge in [0.2, 0.25) is 0 Å². The molecule has 0 atom stereocenters. The molecule has 0 radical (unpaired) electrons. The van der Waals surface area contributed by atoms with Crippen LogP contribution in [0.4, 0.5) is 5.69 Å². The second-order valence-corrected chi connectivity index (χ2v) is 3.87. The molecule has 2 rings (SSSR count). The van der Waals surface area contributed by atoms with Crippen LogP contribution in [-0.2, 0) is 0 Å². The van der Waals surface area contributed by atoms with Gasteiger partial charge in [-0.1, -0.05) is 5.92 Å². The van der Waals surface area contributed by atoms with Gasteiger partial charge in [-0.3, -0.25) is 4.79 Å². The number of carbonyl (C=O) groups excluding carboxylic acids is 1. The van der Waals surface area contributed by atoms with Crippen molar-refractivity contribution < 1.29 is 4.79 Å². The molecule has 1 amide bonds. The number of nitrogens with one attached hydrogen (secondary N) is 1. The van der Waals surface area contributed by atoms with Crippen molar-refractivity contribution in [1.82, 2.24) is 9.88 Å². The topological polar surface area (TPSA) is 62.1 Å². The van der Waals surface area contributed by atoms with Crippen LogP contribution in [0.5, 0.6) is 0 Å². The molecule has 0 aliphatic heterocycles. The third-order valence-electron chi connectivity index (χ3n) is 2.61. The molecule has 86 valence electrons. The summed E-state index contributed by atoms with van der Waals surface area (Å²) in [5.74, 6) is 2.33. The minimum atomic E-state index is -0.111. The van der Waals surface area contributed by atoms with Crippen LogP contribution < -0.4 is 5.73 Å². The van der Waals surface area contributed by atoms with Gasteiger partial charge >= 0.3 is 0 Å². The summed E-state index contributed by atoms with van der Waals surface area (Å²) < 4.78 is 0. The van der Waals surface area contributed by atoms with E-state index in [1.165, 1.54) is 4.90 Å². The molecule has 1 aromatic heterocycles. The molecule has 0 unspecified atom stereocenters. The molecule has 4 nitrogen and oxygen atoms in total. The Hall–Kier alpha value is -2.41. The van der Waals surface area contributed by atoms with Gasteiger partial charge in [0.05, 0.1) is 12.1 Å². The molecule has 0 aliphatic rings. The van der Waals surface area contributed by atoms with Gasteiger partial charge in [0, 0.05) is 29.8 Å². The number of terminal acetylenes is 1. The van der Waals surface area contributed by atoms with Crippen molar-refractivity contribution in [2.45, 2.75) is 0 Å². The van der Waals surface area contributed by atoms with E-state index >= 15 is 0 Å². The highest BCUT2D eigenvalue weighted by molar-refractivity contribution is 6.07. The van der Waals surface area contributed by atoms with Crippen molar-refractivity contribution in [2.75, 3.05) is 19.3 Å². The van der Waals surface area contributed by atoms with E-state index in [0.29, 0.717) is 11.3 Å². The van der Waals surface area contributed by atoms with E-state index < -0.39 is 0 Å². The van der Waals surface area contributed by atoms with Crippen molar-refractivity contribution in [3.8, 4) is 12.3 Å². The monoisotopic (exact) mass is 227 g/mol. The predicted octanol–water partition coefficient (Wildman–Crippen LogP) is 1.46. The largest absolute Gasteiger partial charge is 0.399 e. The highest BCUT2D eigenvalue weighted by Crippen LogP contribution is 2.21. The van der Waals surface area contributed by atoms with E-state index in [1.54, 1.807) is 25.4 Å². The van der Waals surface area contributed by atoms with Gasteiger partial charge in [-0.05, 0) is 18.2 Å². The second kappa shape index (κ2) is 4.22. The molecule has 0 saturated carbocycles. The summed E-state index contributed by atoms with van der Waals surface area (Å²) in [6.45, 7) is 0.286. The minimum Gasteiger partial charge on any atom is -0.399 e. The molecule has 17 heavy (non-hydrogen) atoms. The third kappa shape index (κ3) is 1.95. The molecule has 1 aromatic carbocycles. The smallest absolute Gasteiger partial charge is 0.256 e. The number of rotatable bonds is 2. The standard InChI is InChI=1S/C13H13N3O/c1-3-6-16(2)13(17)11-8-15-12-5-4-9(14)7-10(11)12/h1,4-5,7-8,15H,6,14H2,2H3. The zero-order chi connectivity index (χ0) is 12.4. The molecule has 0 spiro atoms. The first-order valence-corrected chi connectivity index (χ1v) is 5.19. The number of hydrogen-bond acceptors (Lipinski definition) is 2. The molecule has 0 aliphatic carbocycles. The summed E-state index contributed by atoms with van der Waals surface area (Å²) in [6, 6.07) is 5.42. The second-order valence-electron chi connectivity index (χ2n) is 3.87. The lowest BCUT2D eigenvalue weighted by Crippen LogP contribution is -2.26. The van der Waals surface area contributed by atoms with E-state index in [-0.39, 0.29) is 12.5 Å². The Bertz CT molecular complexity index is 607. The maximum atomic E-state index is 12.1. The summed E-state index contributed by atoms with van der Waals surface area (Å²) in [6.07, 6.45) is 6.87. The van der Waals surface area contributed by atoms with Crippen molar-refractivity contribution >= 4 is 22.5 Å². The third-order valence-corrected chi connectivity index (χ3v) is 2.61. The van der Waals surface area contributed by atoms with E-state index in [2.05, 4.69) is 10.9 Å². The number of anilines is 1. The van der Waals surface area contributed by atoms with Crippen LogP contribution in [0.15, 0.2) is 24.4 Å². The number of hydrogen-bond donors (Lipinski definition) is 2. The highest BCUT2D eigenvalue weighted by atomic mass is 16.2. The number of nitrogens with two attached hydrogens (primary N) is 1. The molecular formula is C13H13N3O. The number of amides is 1. The van der Waals surface area contributed by atoms with E-state index in [1.807, 2.05) is 6.07 Å². The molecule has 0 fully saturated rings. The molecule has 3 N–H and O–H groups in total. The van der Waals surface area contributed by atoms with Crippen molar-refractivity contribution in [3.63, 3.8) is 0 Å². The van der Waals surface area contributed by atoms with Gasteiger partial charge < -0.3 is 15.6 Å². The highest BCUT2D eigenvalue weighted by Gasteiger charge is 2.15. The van der Waals surface area contributed by atoms with Crippen LogP contribution in [0.25, 0.3) is 10.9 Å². The first-order chi connectivity index (χ1) is 8.13. The van der Waals surface area contributed by atoms with Gasteiger partial charge in [-0.25, -0.2) is 0 Å². The molecule has 1 heterocycles. The number of fused-ring (bicyclic) bond motifs is 1. The quantitative estimate of drug-likeness (QED) is 0.602. The predicted molar refractivity (Wildman–Crippen MR) is 68.5 cm³/mol. The maximum Gasteiger partial charge on any atom is 0.256 e. The number of aromatic nitrogens is 1. The van der Waals surface area contributed by atoms with Crippen LogP contribution in [0, 0.1) is 12.3 Å². The number of aromatic amines is 1. The Balaban J connectivity index is 2.46. The van der Waals surface area contributed by atoms with Crippen molar-refractivity contribution in [3.05, 3.63) is 30.0 Å². The lowest BCUT2D eigenvalue weighted by Gasteiger charge is -2.12. The average Bonchev–Trinajstić information content (AvgIpc) is 2.71. The van der Waals surface area contributed by atoms with Gasteiger partial charge in [0.15, 0.2) is 0 Å². The maximum absolute atomic E-state index is 12.1. The minimum absolute atomic E-state index is 0.111. The summed E-state index contributed by atoms with van der Waals surface area (Å²) in [7, 11) is 1.67. The van der Waals surface area contributed by atoms with Gasteiger partial charge in [0.1, 0.15) is 0 Å². The lowest BCUT2D eigenvalue weighted by molar-refractivity contribution is 0.0814. The molecule has 0 bridgehead atoms. The first kappa shape index (κ1) is 11.1. The van der Waals surface area contributed by atoms with E-state index in [4.69, 9.17) is 12.2 Å². The number of carbonyl (C=O) groups is 1. The first-order valence-electron chi connectivity index (χ1n) is 5.19. The van der Waals surface area contributed by atoms with Crippen LogP contribution >= 0.6 is 0 Å². The van der Waals surface area contributed by atoms with Crippen molar-refractivity contribution in [2.24, 2.45) is 0 Å². The number of nitrogens with zero attached hydrogens (tertiary/aromatic N) is 1. The lowest BCUT2D eigenvalue weighted by atomic mass is 10.1. The zero-order valence-electron chi connectivity index (χ0n) is 9.53. The Morgan fingerprint density at radius 1 is 1.59 bits per heavy atom. The van der Waals surface area contributed by atoms with Crippen LogP contribution in [0.2, 0.25) is 0 Å². The number of H-pyrrole nitrogens is 1. The molecule has 0 saturated heterocycles. The number of benzene rings is 1. The van der Waals surface area contributed by atoms with Crippen LogP contribution in [-0.4, -0.2) is 29.4 Å². The Kier molecular flexibility index (Phi) is 2.75. The SMILES string of the molecule is C#CCN(C)C(=O)c1c[nH]c2ccc(N)cc12. The van der Waals surface area contributed by atoms with Gasteiger partial charge in [-0.15, -0.1) is 6.42 Å². The van der Waals surface area contributed by atoms with Crippen molar-refractivity contribution in [1.29, 1.82) is 0 Å². The van der Waals surface area contributed by atoms with Crippen LogP contribution in [0.1, 0.15) is 10.4 Å². The Morgan fingerprint density at radius 2 is 2.35 bits per heavy atom. The van der Waals surface area contributed by atoms with Gasteiger partial charge in [-0.2, -0.15) is 0 Å². The normalized spacial score (nSPS) is 10.1. The fourth-order valence-corrected chi connectivity index (χ4v) is 1.73.